The van der Waals surface area contributed by atoms with Crippen LogP contribution in [0.4, 0.5) is 5.69 Å². The average Bonchev–Trinajstić information content (AvgIpc) is 3.25. The van der Waals surface area contributed by atoms with Crippen LogP contribution in [0.5, 0.6) is 0 Å². The molecule has 170 valence electrons. The van der Waals surface area contributed by atoms with Gasteiger partial charge in [0, 0.05) is 49.1 Å². The average molecular weight is 445 g/mol. The van der Waals surface area contributed by atoms with Crippen LogP contribution in [0.1, 0.15) is 43.0 Å². The van der Waals surface area contributed by atoms with Crippen LogP contribution in [0.3, 0.4) is 0 Å². The van der Waals surface area contributed by atoms with Crippen LogP contribution in [0.15, 0.2) is 54.6 Å². The number of anilines is 1. The lowest BCUT2D eigenvalue weighted by Gasteiger charge is -2.15. The van der Waals surface area contributed by atoms with Gasteiger partial charge in [0.15, 0.2) is 0 Å². The van der Waals surface area contributed by atoms with Crippen LogP contribution in [0, 0.1) is 0 Å². The number of pyridine rings is 1. The van der Waals surface area contributed by atoms with E-state index in [4.69, 9.17) is 4.98 Å². The summed E-state index contributed by atoms with van der Waals surface area (Å²) in [6.07, 6.45) is 2.69. The second-order valence-corrected chi connectivity index (χ2v) is 8.15. The molecule has 0 bridgehead atoms. The molecule has 3 aromatic rings. The molecule has 1 fully saturated rings. The Morgan fingerprint density at radius 3 is 2.61 bits per heavy atom. The third-order valence-electron chi connectivity index (χ3n) is 5.81. The lowest BCUT2D eigenvalue weighted by Crippen LogP contribution is -2.30. The van der Waals surface area contributed by atoms with E-state index in [9.17, 15) is 14.4 Å². The molecule has 1 aliphatic rings. The summed E-state index contributed by atoms with van der Waals surface area (Å²) in [5.41, 5.74) is 3.58. The highest BCUT2D eigenvalue weighted by atomic mass is 16.2. The molecule has 1 aliphatic heterocycles. The van der Waals surface area contributed by atoms with E-state index in [1.54, 1.807) is 13.0 Å². The Balaban J connectivity index is 1.51. The number of likely N-dealkylation sites (tertiary alicyclic amines) is 1. The van der Waals surface area contributed by atoms with Crippen LogP contribution in [-0.4, -0.2) is 47.2 Å². The lowest BCUT2D eigenvalue weighted by atomic mass is 10.0. The minimum Gasteiger partial charge on any atom is -0.352 e. The second kappa shape index (κ2) is 10.3. The van der Waals surface area contributed by atoms with Crippen molar-refractivity contribution in [3.8, 4) is 11.3 Å². The van der Waals surface area contributed by atoms with Gasteiger partial charge in [-0.3, -0.25) is 14.4 Å². The van der Waals surface area contributed by atoms with Crippen molar-refractivity contribution in [3.05, 3.63) is 60.2 Å². The Labute approximate surface area is 193 Å². The van der Waals surface area contributed by atoms with Gasteiger partial charge < -0.3 is 15.5 Å². The Kier molecular flexibility index (Phi) is 6.98. The van der Waals surface area contributed by atoms with Crippen LogP contribution in [0.2, 0.25) is 0 Å². The molecule has 0 unspecified atom stereocenters. The van der Waals surface area contributed by atoms with Crippen LogP contribution in [-0.2, 0) is 9.59 Å². The topological polar surface area (TPSA) is 91.4 Å². The summed E-state index contributed by atoms with van der Waals surface area (Å²) in [7, 11) is 0. The minimum absolute atomic E-state index is 0.0420. The maximum atomic E-state index is 13.0. The number of rotatable bonds is 8. The molecular weight excluding hydrogens is 416 g/mol. The summed E-state index contributed by atoms with van der Waals surface area (Å²) < 4.78 is 0. The van der Waals surface area contributed by atoms with E-state index in [2.05, 4.69) is 10.6 Å². The van der Waals surface area contributed by atoms with E-state index >= 15 is 0 Å². The predicted molar refractivity (Wildman–Crippen MR) is 129 cm³/mol. The number of benzene rings is 2. The van der Waals surface area contributed by atoms with Gasteiger partial charge in [0.25, 0.3) is 5.91 Å². The number of fused-ring (bicyclic) bond motifs is 1. The number of carbonyl (C=O) groups is 3. The summed E-state index contributed by atoms with van der Waals surface area (Å²) in [6.45, 7) is 3.79. The molecule has 3 amide bonds. The van der Waals surface area contributed by atoms with E-state index < -0.39 is 0 Å². The van der Waals surface area contributed by atoms with Gasteiger partial charge >= 0.3 is 0 Å². The van der Waals surface area contributed by atoms with E-state index in [1.807, 2.05) is 53.4 Å². The molecule has 0 aliphatic carbocycles. The Bertz CT molecular complexity index is 1170. The Morgan fingerprint density at radius 2 is 1.88 bits per heavy atom. The van der Waals surface area contributed by atoms with Crippen molar-refractivity contribution in [2.45, 2.75) is 32.6 Å². The first kappa shape index (κ1) is 22.5. The normalized spacial score (nSPS) is 13.4. The summed E-state index contributed by atoms with van der Waals surface area (Å²) in [5.74, 6) is 0.000405. The third-order valence-corrected chi connectivity index (χ3v) is 5.81. The van der Waals surface area contributed by atoms with Gasteiger partial charge in [0.1, 0.15) is 0 Å². The number of hydrogen-bond acceptors (Lipinski definition) is 4. The van der Waals surface area contributed by atoms with Gasteiger partial charge in [-0.2, -0.15) is 0 Å². The summed E-state index contributed by atoms with van der Waals surface area (Å²) in [4.78, 5) is 43.0. The second-order valence-electron chi connectivity index (χ2n) is 8.15. The fourth-order valence-electron chi connectivity index (χ4n) is 3.99. The molecule has 0 atom stereocenters. The highest BCUT2D eigenvalue weighted by molar-refractivity contribution is 6.07. The zero-order valence-electron chi connectivity index (χ0n) is 18.8. The van der Waals surface area contributed by atoms with Gasteiger partial charge in [-0.05, 0) is 37.1 Å². The molecule has 2 heterocycles. The molecule has 33 heavy (non-hydrogen) atoms. The van der Waals surface area contributed by atoms with Crippen molar-refractivity contribution in [3.63, 3.8) is 0 Å². The van der Waals surface area contributed by atoms with E-state index in [1.165, 1.54) is 0 Å². The fourth-order valence-corrected chi connectivity index (χ4v) is 3.99. The number of hydrogen-bond donors (Lipinski definition) is 2. The van der Waals surface area contributed by atoms with Gasteiger partial charge in [0.2, 0.25) is 11.8 Å². The minimum atomic E-state index is -0.158. The number of aromatic nitrogens is 1. The predicted octanol–water partition coefficient (Wildman–Crippen LogP) is 3.99. The molecule has 7 nitrogen and oxygen atoms in total. The number of para-hydroxylation sites is 1. The molecular formula is C26H28N4O3. The molecule has 0 saturated carbocycles. The maximum Gasteiger partial charge on any atom is 0.252 e. The Hall–Kier alpha value is -3.74. The van der Waals surface area contributed by atoms with Crippen LogP contribution < -0.4 is 10.6 Å². The molecule has 1 aromatic heterocycles. The molecule has 2 aromatic carbocycles. The zero-order chi connectivity index (χ0) is 23.2. The molecule has 7 heteroatoms. The van der Waals surface area contributed by atoms with Gasteiger partial charge in [0.05, 0.1) is 16.8 Å². The smallest absolute Gasteiger partial charge is 0.252 e. The summed E-state index contributed by atoms with van der Waals surface area (Å²) in [5, 5.41) is 6.62. The van der Waals surface area contributed by atoms with Crippen molar-refractivity contribution in [1.29, 1.82) is 0 Å². The molecule has 2 N–H and O–H groups in total. The van der Waals surface area contributed by atoms with Crippen molar-refractivity contribution in [2.75, 3.05) is 25.0 Å². The summed E-state index contributed by atoms with van der Waals surface area (Å²) >= 11 is 0. The van der Waals surface area contributed by atoms with Crippen LogP contribution in [0.25, 0.3) is 22.2 Å². The number of carbonyl (C=O) groups excluding carboxylic acids is 3. The molecule has 0 radical (unpaired) electrons. The number of nitrogens with zero attached hydrogens (tertiary/aromatic N) is 2. The highest BCUT2D eigenvalue weighted by Crippen LogP contribution is 2.26. The first-order valence-corrected chi connectivity index (χ1v) is 11.4. The first-order chi connectivity index (χ1) is 16.0. The van der Waals surface area contributed by atoms with E-state index in [0.717, 1.165) is 41.5 Å². The molecule has 0 spiro atoms. The SMILES string of the molecule is CCC(=O)Nc1ccc(-c2cc(C(=O)NCCCN3CCCC3=O)c3ccccc3n2)cc1. The Morgan fingerprint density at radius 1 is 1.09 bits per heavy atom. The monoisotopic (exact) mass is 444 g/mol. The third kappa shape index (κ3) is 5.37. The fraction of sp³-hybridized carbons (Fsp3) is 0.308. The quantitative estimate of drug-likeness (QED) is 0.514. The van der Waals surface area contributed by atoms with Gasteiger partial charge in [-0.15, -0.1) is 0 Å². The van der Waals surface area contributed by atoms with Gasteiger partial charge in [-0.1, -0.05) is 37.3 Å². The van der Waals surface area contributed by atoms with Gasteiger partial charge in [-0.25, -0.2) is 4.98 Å². The molecule has 1 saturated heterocycles. The highest BCUT2D eigenvalue weighted by Gasteiger charge is 2.19. The van der Waals surface area contributed by atoms with Crippen LogP contribution >= 0.6 is 0 Å². The van der Waals surface area contributed by atoms with Crippen molar-refractivity contribution in [2.24, 2.45) is 0 Å². The number of amides is 3. The molecule has 4 rings (SSSR count). The first-order valence-electron chi connectivity index (χ1n) is 11.4. The standard InChI is InChI=1S/C26H28N4O3/c1-2-24(31)28-19-12-10-18(11-13-19)23-17-21(20-7-3-4-8-22(20)29-23)26(33)27-14-6-16-30-15-5-9-25(30)32/h3-4,7-8,10-13,17H,2,5-6,9,14-16H2,1H3,(H,27,33)(H,28,31). The van der Waals surface area contributed by atoms with E-state index in [0.29, 0.717) is 37.2 Å². The van der Waals surface area contributed by atoms with Crippen molar-refractivity contribution >= 4 is 34.3 Å². The maximum absolute atomic E-state index is 13.0. The number of nitrogens with one attached hydrogen (secondary N) is 2. The largest absolute Gasteiger partial charge is 0.352 e. The van der Waals surface area contributed by atoms with Crippen molar-refractivity contribution < 1.29 is 14.4 Å². The van der Waals surface area contributed by atoms with Crippen molar-refractivity contribution in [1.82, 2.24) is 15.2 Å². The van der Waals surface area contributed by atoms with E-state index in [-0.39, 0.29) is 17.7 Å². The summed E-state index contributed by atoms with van der Waals surface area (Å²) in [6, 6.07) is 16.8. The zero-order valence-corrected chi connectivity index (χ0v) is 18.8. The lowest BCUT2D eigenvalue weighted by molar-refractivity contribution is -0.127.